The molecule has 8 heteroatoms. The van der Waals surface area contributed by atoms with Crippen molar-refractivity contribution >= 4 is 29.4 Å². The van der Waals surface area contributed by atoms with Crippen molar-refractivity contribution in [1.82, 2.24) is 20.1 Å². The molecule has 0 radical (unpaired) electrons. The summed E-state index contributed by atoms with van der Waals surface area (Å²) in [6, 6.07) is 5.70. The fourth-order valence-electron chi connectivity index (χ4n) is 3.08. The monoisotopic (exact) mass is 385 g/mol. The third-order valence-corrected chi connectivity index (χ3v) is 5.70. The molecule has 142 valence electrons. The molecule has 2 aromatic rings. The van der Waals surface area contributed by atoms with E-state index in [2.05, 4.69) is 25.4 Å². The van der Waals surface area contributed by atoms with Crippen molar-refractivity contribution in [2.75, 3.05) is 11.1 Å². The Bertz CT molecular complexity index is 886. The minimum atomic E-state index is -0.519. The third kappa shape index (κ3) is 4.32. The Morgan fingerprint density at radius 2 is 1.96 bits per heavy atom. The Hall–Kier alpha value is -2.35. The number of carbonyl (C=O) groups excluding carboxylic acids is 2. The van der Waals surface area contributed by atoms with E-state index in [1.807, 2.05) is 32.0 Å². The van der Waals surface area contributed by atoms with Crippen LogP contribution >= 0.6 is 11.8 Å². The number of aryl methyl sites for hydroxylation is 2. The first-order valence-corrected chi connectivity index (χ1v) is 10.3. The SMILES string of the molecule is Cc1ccc(NC(=O)NC(=O)CSc2nnc(C3CC3)n2C2CC2)c(C)c1. The highest BCUT2D eigenvalue weighted by atomic mass is 32.2. The average molecular weight is 385 g/mol. The van der Waals surface area contributed by atoms with Gasteiger partial charge < -0.3 is 9.88 Å². The molecule has 2 aliphatic rings. The number of thioether (sulfide) groups is 1. The van der Waals surface area contributed by atoms with E-state index in [0.29, 0.717) is 17.6 Å². The van der Waals surface area contributed by atoms with Crippen molar-refractivity contribution in [3.05, 3.63) is 35.2 Å². The number of amides is 3. The van der Waals surface area contributed by atoms with Crippen LogP contribution in [0.15, 0.2) is 23.4 Å². The minimum Gasteiger partial charge on any atom is -0.307 e. The van der Waals surface area contributed by atoms with Crippen molar-refractivity contribution in [3.63, 3.8) is 0 Å². The van der Waals surface area contributed by atoms with E-state index >= 15 is 0 Å². The zero-order valence-electron chi connectivity index (χ0n) is 15.5. The van der Waals surface area contributed by atoms with Crippen LogP contribution in [0.25, 0.3) is 0 Å². The zero-order chi connectivity index (χ0) is 19.0. The lowest BCUT2D eigenvalue weighted by Crippen LogP contribution is -2.35. The first-order valence-electron chi connectivity index (χ1n) is 9.27. The number of nitrogens with zero attached hydrogens (tertiary/aromatic N) is 3. The quantitative estimate of drug-likeness (QED) is 0.743. The smallest absolute Gasteiger partial charge is 0.307 e. The number of urea groups is 1. The van der Waals surface area contributed by atoms with Gasteiger partial charge in [0.05, 0.1) is 5.75 Å². The summed E-state index contributed by atoms with van der Waals surface area (Å²) in [5.74, 6) is 1.38. The van der Waals surface area contributed by atoms with Crippen LogP contribution in [0.1, 0.15) is 54.6 Å². The molecule has 2 aliphatic carbocycles. The van der Waals surface area contributed by atoms with Crippen molar-refractivity contribution < 1.29 is 9.59 Å². The maximum absolute atomic E-state index is 12.2. The standard InChI is InChI=1S/C19H23N5O2S/c1-11-3-8-15(12(2)9-11)20-18(26)21-16(25)10-27-19-23-22-17(13-4-5-13)24(19)14-6-7-14/h3,8-9,13-14H,4-7,10H2,1-2H3,(H2,20,21,25,26). The second kappa shape index (κ2) is 7.34. The number of hydrogen-bond donors (Lipinski definition) is 2. The van der Waals surface area contributed by atoms with Gasteiger partial charge in [-0.3, -0.25) is 10.1 Å². The van der Waals surface area contributed by atoms with Crippen LogP contribution in [-0.4, -0.2) is 32.5 Å². The summed E-state index contributed by atoms with van der Waals surface area (Å²) in [5.41, 5.74) is 2.77. The van der Waals surface area contributed by atoms with Crippen LogP contribution in [0.3, 0.4) is 0 Å². The van der Waals surface area contributed by atoms with Crippen LogP contribution in [0.4, 0.5) is 10.5 Å². The van der Waals surface area contributed by atoms with Crippen LogP contribution in [0, 0.1) is 13.8 Å². The number of carbonyl (C=O) groups is 2. The van der Waals surface area contributed by atoms with Gasteiger partial charge in [0.1, 0.15) is 5.82 Å². The molecule has 0 saturated heterocycles. The van der Waals surface area contributed by atoms with Gasteiger partial charge in [-0.1, -0.05) is 29.5 Å². The van der Waals surface area contributed by atoms with E-state index in [1.165, 1.54) is 24.6 Å². The number of aromatic nitrogens is 3. The van der Waals surface area contributed by atoms with E-state index in [4.69, 9.17) is 0 Å². The highest BCUT2D eigenvalue weighted by molar-refractivity contribution is 7.99. The van der Waals surface area contributed by atoms with E-state index in [1.54, 1.807) is 0 Å². The number of nitrogens with one attached hydrogen (secondary N) is 2. The summed E-state index contributed by atoms with van der Waals surface area (Å²) in [5, 5.41) is 14.5. The van der Waals surface area contributed by atoms with Crippen molar-refractivity contribution in [2.24, 2.45) is 0 Å². The first kappa shape index (κ1) is 18.0. The molecule has 1 aromatic heterocycles. The molecule has 7 nitrogen and oxygen atoms in total. The van der Waals surface area contributed by atoms with E-state index in [9.17, 15) is 9.59 Å². The van der Waals surface area contributed by atoms with Gasteiger partial charge in [0.15, 0.2) is 5.16 Å². The molecule has 0 aliphatic heterocycles. The second-order valence-electron chi connectivity index (χ2n) is 7.33. The maximum Gasteiger partial charge on any atom is 0.325 e. The second-order valence-corrected chi connectivity index (χ2v) is 8.27. The van der Waals surface area contributed by atoms with Gasteiger partial charge in [0.2, 0.25) is 5.91 Å². The molecule has 27 heavy (non-hydrogen) atoms. The predicted octanol–water partition coefficient (Wildman–Crippen LogP) is 3.55. The summed E-state index contributed by atoms with van der Waals surface area (Å²) in [4.78, 5) is 24.2. The third-order valence-electron chi connectivity index (χ3n) is 4.76. The topological polar surface area (TPSA) is 88.9 Å². The molecule has 0 unspecified atom stereocenters. The van der Waals surface area contributed by atoms with Crippen molar-refractivity contribution in [3.8, 4) is 0 Å². The van der Waals surface area contributed by atoms with Crippen molar-refractivity contribution in [2.45, 2.75) is 56.6 Å². The maximum atomic E-state index is 12.2. The predicted molar refractivity (Wildman–Crippen MR) is 104 cm³/mol. The first-order chi connectivity index (χ1) is 13.0. The number of hydrogen-bond acceptors (Lipinski definition) is 5. The number of benzene rings is 1. The molecule has 0 atom stereocenters. The van der Waals surface area contributed by atoms with Crippen LogP contribution < -0.4 is 10.6 Å². The summed E-state index contributed by atoms with van der Waals surface area (Å²) < 4.78 is 2.20. The van der Waals surface area contributed by atoms with Gasteiger partial charge in [0, 0.05) is 17.6 Å². The van der Waals surface area contributed by atoms with Gasteiger partial charge in [-0.2, -0.15) is 0 Å². The largest absolute Gasteiger partial charge is 0.325 e. The lowest BCUT2D eigenvalue weighted by atomic mass is 10.1. The Balaban J connectivity index is 1.31. The van der Waals surface area contributed by atoms with Crippen LogP contribution in [0.2, 0.25) is 0 Å². The van der Waals surface area contributed by atoms with Gasteiger partial charge in [-0.05, 0) is 51.2 Å². The Morgan fingerprint density at radius 3 is 2.63 bits per heavy atom. The number of imide groups is 1. The summed E-state index contributed by atoms with van der Waals surface area (Å²) in [6.07, 6.45) is 4.65. The van der Waals surface area contributed by atoms with Crippen LogP contribution in [-0.2, 0) is 4.79 Å². The molecule has 4 rings (SSSR count). The number of rotatable bonds is 6. The van der Waals surface area contributed by atoms with E-state index in [-0.39, 0.29) is 11.7 Å². The van der Waals surface area contributed by atoms with E-state index in [0.717, 1.165) is 34.9 Å². The van der Waals surface area contributed by atoms with Crippen molar-refractivity contribution in [1.29, 1.82) is 0 Å². The summed E-state index contributed by atoms with van der Waals surface area (Å²) in [7, 11) is 0. The van der Waals surface area contributed by atoms with Gasteiger partial charge in [-0.15, -0.1) is 10.2 Å². The molecule has 0 spiro atoms. The Morgan fingerprint density at radius 1 is 1.19 bits per heavy atom. The molecule has 3 amide bonds. The fourth-order valence-corrected chi connectivity index (χ4v) is 3.90. The van der Waals surface area contributed by atoms with Crippen LogP contribution in [0.5, 0.6) is 0 Å². The molecular formula is C19H23N5O2S. The van der Waals surface area contributed by atoms with Gasteiger partial charge >= 0.3 is 6.03 Å². The summed E-state index contributed by atoms with van der Waals surface area (Å²) >= 11 is 1.34. The van der Waals surface area contributed by atoms with Gasteiger partial charge in [-0.25, -0.2) is 4.79 Å². The number of anilines is 1. The fraction of sp³-hybridized carbons (Fsp3) is 0.474. The lowest BCUT2D eigenvalue weighted by Gasteiger charge is -2.10. The average Bonchev–Trinajstić information content (AvgIpc) is 3.54. The molecule has 1 aromatic carbocycles. The lowest BCUT2D eigenvalue weighted by molar-refractivity contribution is -0.117. The highest BCUT2D eigenvalue weighted by Crippen LogP contribution is 2.45. The van der Waals surface area contributed by atoms with Gasteiger partial charge in [0.25, 0.3) is 0 Å². The summed E-state index contributed by atoms with van der Waals surface area (Å²) in [6.45, 7) is 3.91. The molecular weight excluding hydrogens is 362 g/mol. The molecule has 2 N–H and O–H groups in total. The Labute approximate surface area is 162 Å². The molecule has 2 saturated carbocycles. The Kier molecular flexibility index (Phi) is 4.90. The zero-order valence-corrected chi connectivity index (χ0v) is 16.3. The molecule has 0 bridgehead atoms. The normalized spacial score (nSPS) is 16.2. The highest BCUT2D eigenvalue weighted by Gasteiger charge is 2.36. The van der Waals surface area contributed by atoms with E-state index < -0.39 is 6.03 Å². The molecule has 1 heterocycles. The minimum absolute atomic E-state index is 0.135. The molecule has 2 fully saturated rings.